The van der Waals surface area contributed by atoms with E-state index < -0.39 is 0 Å². The highest BCUT2D eigenvalue weighted by atomic mass is 32.2. The molecule has 6 heteroatoms. The van der Waals surface area contributed by atoms with Gasteiger partial charge in [0.2, 0.25) is 5.91 Å². The fourth-order valence-corrected chi connectivity index (χ4v) is 5.02. The summed E-state index contributed by atoms with van der Waals surface area (Å²) in [7, 11) is 3.54. The first-order valence-electron chi connectivity index (χ1n) is 7.85. The number of rotatable bonds is 4. The number of carbonyl (C=O) groups is 1. The monoisotopic (exact) mass is 314 g/mol. The number of hydrogen-bond donors (Lipinski definition) is 0. The van der Waals surface area contributed by atoms with E-state index in [4.69, 9.17) is 9.47 Å². The van der Waals surface area contributed by atoms with Crippen LogP contribution in [0.1, 0.15) is 19.3 Å². The van der Waals surface area contributed by atoms with Gasteiger partial charge in [0, 0.05) is 56.9 Å². The quantitative estimate of drug-likeness (QED) is 0.769. The molecule has 1 atom stereocenters. The Labute approximate surface area is 131 Å². The van der Waals surface area contributed by atoms with Crippen LogP contribution in [0.2, 0.25) is 0 Å². The molecule has 1 amide bonds. The van der Waals surface area contributed by atoms with Crippen molar-refractivity contribution in [1.29, 1.82) is 0 Å². The summed E-state index contributed by atoms with van der Waals surface area (Å²) in [5, 5.41) is 0. The second-order valence-electron chi connectivity index (χ2n) is 6.67. The van der Waals surface area contributed by atoms with E-state index in [2.05, 4.69) is 4.90 Å². The van der Waals surface area contributed by atoms with E-state index in [9.17, 15) is 4.79 Å². The van der Waals surface area contributed by atoms with Crippen LogP contribution in [-0.2, 0) is 14.3 Å². The molecule has 3 rings (SSSR count). The topological polar surface area (TPSA) is 42.0 Å². The van der Waals surface area contributed by atoms with Crippen molar-refractivity contribution in [2.24, 2.45) is 0 Å². The fraction of sp³-hybridized carbons (Fsp3) is 0.933. The standard InChI is InChI=1S/C15H26N2O3S/c1-16(2)14(18)8-20-13-7-15(21-9-13)10-17(11-15)12-3-5-19-6-4-12/h12-13H,3-11H2,1-2H3/t13-/m0/s1. The maximum Gasteiger partial charge on any atom is 0.248 e. The van der Waals surface area contributed by atoms with Crippen molar-refractivity contribution in [3.63, 3.8) is 0 Å². The third-order valence-electron chi connectivity index (χ3n) is 4.81. The van der Waals surface area contributed by atoms with Crippen molar-refractivity contribution in [3.8, 4) is 0 Å². The predicted octanol–water partition coefficient (Wildman–Crippen LogP) is 0.830. The molecule has 3 saturated heterocycles. The first-order valence-corrected chi connectivity index (χ1v) is 8.84. The smallest absolute Gasteiger partial charge is 0.248 e. The molecule has 3 aliphatic rings. The van der Waals surface area contributed by atoms with Gasteiger partial charge in [-0.15, -0.1) is 11.8 Å². The number of thioether (sulfide) groups is 1. The number of carbonyl (C=O) groups excluding carboxylic acids is 1. The third kappa shape index (κ3) is 3.55. The number of likely N-dealkylation sites (tertiary alicyclic amines) is 1. The van der Waals surface area contributed by atoms with Crippen molar-refractivity contribution in [1.82, 2.24) is 9.80 Å². The Kier molecular flexibility index (Phi) is 4.78. The van der Waals surface area contributed by atoms with Crippen molar-refractivity contribution >= 4 is 17.7 Å². The highest BCUT2D eigenvalue weighted by molar-refractivity contribution is 8.01. The van der Waals surface area contributed by atoms with Crippen LogP contribution in [0.5, 0.6) is 0 Å². The summed E-state index contributed by atoms with van der Waals surface area (Å²) in [5.41, 5.74) is 0. The normalized spacial score (nSPS) is 29.5. The Morgan fingerprint density at radius 3 is 2.76 bits per heavy atom. The lowest BCUT2D eigenvalue weighted by Gasteiger charge is -2.52. The highest BCUT2D eigenvalue weighted by Crippen LogP contribution is 2.47. The molecule has 0 radical (unpaired) electrons. The van der Waals surface area contributed by atoms with Gasteiger partial charge in [-0.3, -0.25) is 9.69 Å². The molecule has 0 unspecified atom stereocenters. The van der Waals surface area contributed by atoms with Gasteiger partial charge in [-0.1, -0.05) is 0 Å². The van der Waals surface area contributed by atoms with E-state index in [0.717, 1.165) is 31.4 Å². The molecule has 0 aromatic rings. The molecule has 120 valence electrons. The van der Waals surface area contributed by atoms with Gasteiger partial charge in [0.05, 0.1) is 6.10 Å². The molecule has 5 nitrogen and oxygen atoms in total. The fourth-order valence-electron chi connectivity index (χ4n) is 3.45. The van der Waals surface area contributed by atoms with Crippen LogP contribution in [-0.4, -0.2) is 85.4 Å². The second kappa shape index (κ2) is 6.44. The van der Waals surface area contributed by atoms with Gasteiger partial charge in [-0.2, -0.15) is 0 Å². The number of likely N-dealkylation sites (N-methyl/N-ethyl adjacent to an activating group) is 1. The van der Waals surface area contributed by atoms with Gasteiger partial charge >= 0.3 is 0 Å². The summed E-state index contributed by atoms with van der Waals surface area (Å²) >= 11 is 2.04. The highest BCUT2D eigenvalue weighted by Gasteiger charge is 2.51. The van der Waals surface area contributed by atoms with Gasteiger partial charge in [0.15, 0.2) is 0 Å². The zero-order valence-corrected chi connectivity index (χ0v) is 13.9. The molecule has 0 bridgehead atoms. The summed E-state index contributed by atoms with van der Waals surface area (Å²) in [6.07, 6.45) is 3.70. The van der Waals surface area contributed by atoms with Crippen molar-refractivity contribution in [2.75, 3.05) is 52.8 Å². The molecule has 0 saturated carbocycles. The van der Waals surface area contributed by atoms with Crippen LogP contribution < -0.4 is 0 Å². The van der Waals surface area contributed by atoms with E-state index in [1.54, 1.807) is 19.0 Å². The molecular weight excluding hydrogens is 288 g/mol. The Bertz CT molecular complexity index is 379. The van der Waals surface area contributed by atoms with E-state index in [-0.39, 0.29) is 18.6 Å². The van der Waals surface area contributed by atoms with Crippen molar-refractivity contribution in [3.05, 3.63) is 0 Å². The Balaban J connectivity index is 1.40. The van der Waals surface area contributed by atoms with Gasteiger partial charge in [-0.25, -0.2) is 0 Å². The summed E-state index contributed by atoms with van der Waals surface area (Å²) < 4.78 is 11.6. The lowest BCUT2D eigenvalue weighted by molar-refractivity contribution is -0.135. The minimum atomic E-state index is 0.0541. The third-order valence-corrected chi connectivity index (χ3v) is 6.38. The maximum absolute atomic E-state index is 11.6. The maximum atomic E-state index is 11.6. The predicted molar refractivity (Wildman–Crippen MR) is 83.7 cm³/mol. The SMILES string of the molecule is CN(C)C(=O)CO[C@@H]1CSC2(C1)CN(C1CCOCC1)C2. The van der Waals surface area contributed by atoms with Gasteiger partial charge in [-0.05, 0) is 19.3 Å². The van der Waals surface area contributed by atoms with Gasteiger partial charge in [0.25, 0.3) is 0 Å². The van der Waals surface area contributed by atoms with E-state index >= 15 is 0 Å². The average molecular weight is 314 g/mol. The van der Waals surface area contributed by atoms with Crippen molar-refractivity contribution < 1.29 is 14.3 Å². The molecular formula is C15H26N2O3S. The van der Waals surface area contributed by atoms with E-state index in [1.165, 1.54) is 25.9 Å². The molecule has 0 N–H and O–H groups in total. The van der Waals surface area contributed by atoms with Crippen LogP contribution in [0.4, 0.5) is 0 Å². The van der Waals surface area contributed by atoms with Crippen LogP contribution in [0.15, 0.2) is 0 Å². The molecule has 0 aromatic heterocycles. The zero-order chi connectivity index (χ0) is 14.9. The van der Waals surface area contributed by atoms with Crippen LogP contribution in [0, 0.1) is 0 Å². The van der Waals surface area contributed by atoms with Crippen LogP contribution in [0.25, 0.3) is 0 Å². The largest absolute Gasteiger partial charge is 0.381 e. The molecule has 0 aliphatic carbocycles. The number of hydrogen-bond acceptors (Lipinski definition) is 5. The number of amides is 1. The summed E-state index contributed by atoms with van der Waals surface area (Å²) in [6.45, 7) is 4.42. The molecule has 3 heterocycles. The van der Waals surface area contributed by atoms with E-state index in [1.807, 2.05) is 11.8 Å². The first kappa shape index (κ1) is 15.6. The Hall–Kier alpha value is -0.300. The second-order valence-corrected chi connectivity index (χ2v) is 8.16. The molecule has 0 aromatic carbocycles. The number of nitrogens with zero attached hydrogens (tertiary/aromatic N) is 2. The molecule has 3 fully saturated rings. The summed E-state index contributed by atoms with van der Waals surface area (Å²) in [5.74, 6) is 1.08. The van der Waals surface area contributed by atoms with E-state index in [0.29, 0.717) is 4.75 Å². The van der Waals surface area contributed by atoms with Crippen LogP contribution >= 0.6 is 11.8 Å². The molecule has 3 aliphatic heterocycles. The molecule has 1 spiro atoms. The van der Waals surface area contributed by atoms with Gasteiger partial charge < -0.3 is 14.4 Å². The average Bonchev–Trinajstić information content (AvgIpc) is 2.88. The first-order chi connectivity index (χ1) is 10.1. The lowest BCUT2D eigenvalue weighted by atomic mass is 9.89. The minimum Gasteiger partial charge on any atom is -0.381 e. The Morgan fingerprint density at radius 2 is 2.10 bits per heavy atom. The Morgan fingerprint density at radius 1 is 1.38 bits per heavy atom. The summed E-state index contributed by atoms with van der Waals surface area (Å²) in [4.78, 5) is 15.8. The van der Waals surface area contributed by atoms with Crippen molar-refractivity contribution in [2.45, 2.75) is 36.2 Å². The minimum absolute atomic E-state index is 0.0541. The lowest BCUT2D eigenvalue weighted by Crippen LogP contribution is -2.62. The van der Waals surface area contributed by atoms with Gasteiger partial charge in [0.1, 0.15) is 6.61 Å². The zero-order valence-electron chi connectivity index (χ0n) is 13.0. The number of ether oxygens (including phenoxy) is 2. The molecule has 21 heavy (non-hydrogen) atoms. The van der Waals surface area contributed by atoms with Crippen LogP contribution in [0.3, 0.4) is 0 Å². The summed E-state index contributed by atoms with van der Waals surface area (Å²) in [6, 6.07) is 0.722.